The van der Waals surface area contributed by atoms with E-state index < -0.39 is 0 Å². The predicted octanol–water partition coefficient (Wildman–Crippen LogP) is 1.69. The molecule has 0 fully saturated rings. The van der Waals surface area contributed by atoms with Crippen LogP contribution >= 0.6 is 0 Å². The number of anilines is 2. The van der Waals surface area contributed by atoms with Crippen LogP contribution in [0.5, 0.6) is 0 Å². The number of nitrogens with one attached hydrogen (secondary N) is 2. The average Bonchev–Trinajstić information content (AvgIpc) is 2.37. The third-order valence-corrected chi connectivity index (χ3v) is 2.40. The molecule has 0 radical (unpaired) electrons. The first-order valence-corrected chi connectivity index (χ1v) is 6.40. The maximum Gasteiger partial charge on any atom is 0.145 e. The second kappa shape index (κ2) is 8.66. The Morgan fingerprint density at radius 3 is 2.67 bits per heavy atom. The lowest BCUT2D eigenvalue weighted by atomic mass is 10.3. The standard InChI is InChI=1S/C12H23N5O/c1-3-4-7-18-8-5-6-14-11-9-12(17-13)16-10(2)15-11/h9H,3-8,13H2,1-2H3,(H2,14,15,16,17). The molecule has 0 unspecified atom stereocenters. The Morgan fingerprint density at radius 2 is 1.94 bits per heavy atom. The van der Waals surface area contributed by atoms with Crippen LogP contribution in [-0.4, -0.2) is 29.7 Å². The first kappa shape index (κ1) is 14.7. The van der Waals surface area contributed by atoms with Crippen LogP contribution < -0.4 is 16.6 Å². The summed E-state index contributed by atoms with van der Waals surface area (Å²) in [6.07, 6.45) is 3.26. The summed E-state index contributed by atoms with van der Waals surface area (Å²) in [5.74, 6) is 7.41. The lowest BCUT2D eigenvalue weighted by molar-refractivity contribution is 0.131. The highest BCUT2D eigenvalue weighted by molar-refractivity contribution is 5.46. The highest BCUT2D eigenvalue weighted by atomic mass is 16.5. The number of ether oxygens (including phenoxy) is 1. The van der Waals surface area contributed by atoms with Gasteiger partial charge in [-0.25, -0.2) is 15.8 Å². The molecule has 0 atom stereocenters. The van der Waals surface area contributed by atoms with Crippen molar-refractivity contribution in [3.63, 3.8) is 0 Å². The molecule has 18 heavy (non-hydrogen) atoms. The summed E-state index contributed by atoms with van der Waals surface area (Å²) in [5, 5.41) is 3.22. The van der Waals surface area contributed by atoms with Crippen LogP contribution in [0.3, 0.4) is 0 Å². The van der Waals surface area contributed by atoms with Gasteiger partial charge in [0, 0.05) is 25.8 Å². The average molecular weight is 253 g/mol. The fourth-order valence-electron chi connectivity index (χ4n) is 1.47. The topological polar surface area (TPSA) is 85.1 Å². The third-order valence-electron chi connectivity index (χ3n) is 2.40. The Bertz CT molecular complexity index is 345. The van der Waals surface area contributed by atoms with Gasteiger partial charge in [-0.1, -0.05) is 13.3 Å². The Morgan fingerprint density at radius 1 is 1.22 bits per heavy atom. The number of rotatable bonds is 9. The van der Waals surface area contributed by atoms with E-state index in [1.807, 2.05) is 6.92 Å². The molecule has 0 aliphatic rings. The minimum Gasteiger partial charge on any atom is -0.381 e. The number of nitrogen functional groups attached to an aromatic ring is 1. The molecular weight excluding hydrogens is 230 g/mol. The van der Waals surface area contributed by atoms with Gasteiger partial charge in [-0.2, -0.15) is 0 Å². The fraction of sp³-hybridized carbons (Fsp3) is 0.667. The monoisotopic (exact) mass is 253 g/mol. The van der Waals surface area contributed by atoms with Crippen LogP contribution in [0, 0.1) is 6.92 Å². The van der Waals surface area contributed by atoms with Gasteiger partial charge in [0.2, 0.25) is 0 Å². The van der Waals surface area contributed by atoms with Gasteiger partial charge in [-0.15, -0.1) is 0 Å². The minimum atomic E-state index is 0.615. The van der Waals surface area contributed by atoms with Crippen LogP contribution in [0.1, 0.15) is 32.0 Å². The molecule has 0 saturated heterocycles. The number of hydrogen-bond acceptors (Lipinski definition) is 6. The highest BCUT2D eigenvalue weighted by Gasteiger charge is 1.99. The summed E-state index contributed by atoms with van der Waals surface area (Å²) in [6.45, 7) is 6.45. The smallest absolute Gasteiger partial charge is 0.145 e. The molecule has 1 rings (SSSR count). The normalized spacial score (nSPS) is 10.4. The Kier molecular flexibility index (Phi) is 7.05. The van der Waals surface area contributed by atoms with Crippen LogP contribution in [0.25, 0.3) is 0 Å². The lowest BCUT2D eigenvalue weighted by Crippen LogP contribution is -2.12. The van der Waals surface area contributed by atoms with Gasteiger partial charge >= 0.3 is 0 Å². The van der Waals surface area contributed by atoms with E-state index in [2.05, 4.69) is 27.6 Å². The van der Waals surface area contributed by atoms with Gasteiger partial charge in [0.25, 0.3) is 0 Å². The van der Waals surface area contributed by atoms with Crippen LogP contribution in [0.2, 0.25) is 0 Å². The number of nitrogens with zero attached hydrogens (tertiary/aromatic N) is 2. The van der Waals surface area contributed by atoms with Crippen molar-refractivity contribution in [2.45, 2.75) is 33.1 Å². The Labute approximate surface area is 108 Å². The quantitative estimate of drug-likeness (QED) is 0.353. The summed E-state index contributed by atoms with van der Waals surface area (Å²) in [4.78, 5) is 8.39. The molecule has 1 heterocycles. The third kappa shape index (κ3) is 5.79. The fourth-order valence-corrected chi connectivity index (χ4v) is 1.47. The van der Waals surface area contributed by atoms with E-state index >= 15 is 0 Å². The van der Waals surface area contributed by atoms with Crippen LogP contribution in [0.15, 0.2) is 6.07 Å². The molecule has 4 N–H and O–H groups in total. The van der Waals surface area contributed by atoms with Crippen molar-refractivity contribution in [2.24, 2.45) is 5.84 Å². The van der Waals surface area contributed by atoms with Crippen molar-refractivity contribution in [2.75, 3.05) is 30.5 Å². The van der Waals surface area contributed by atoms with Crippen molar-refractivity contribution < 1.29 is 4.74 Å². The summed E-state index contributed by atoms with van der Waals surface area (Å²) in [6, 6.07) is 1.78. The van der Waals surface area contributed by atoms with Gasteiger partial charge in [-0.3, -0.25) is 0 Å². The van der Waals surface area contributed by atoms with Crippen molar-refractivity contribution >= 4 is 11.6 Å². The van der Waals surface area contributed by atoms with Crippen LogP contribution in [0.4, 0.5) is 11.6 Å². The summed E-state index contributed by atoms with van der Waals surface area (Å²) >= 11 is 0. The summed E-state index contributed by atoms with van der Waals surface area (Å²) in [5.41, 5.74) is 2.52. The number of aryl methyl sites for hydroxylation is 1. The van der Waals surface area contributed by atoms with Gasteiger partial charge in [0.05, 0.1) is 0 Å². The van der Waals surface area contributed by atoms with E-state index in [4.69, 9.17) is 10.6 Å². The molecule has 0 aromatic carbocycles. The van der Waals surface area contributed by atoms with E-state index in [-0.39, 0.29) is 0 Å². The highest BCUT2D eigenvalue weighted by Crippen LogP contribution is 2.09. The second-order valence-electron chi connectivity index (χ2n) is 4.08. The molecule has 1 aromatic rings. The number of nitrogens with two attached hydrogens (primary N) is 1. The molecule has 0 bridgehead atoms. The molecule has 0 spiro atoms. The molecule has 0 aliphatic carbocycles. The van der Waals surface area contributed by atoms with Crippen molar-refractivity contribution in [3.05, 3.63) is 11.9 Å². The van der Waals surface area contributed by atoms with Gasteiger partial charge in [0.1, 0.15) is 17.5 Å². The van der Waals surface area contributed by atoms with Gasteiger partial charge in [0.15, 0.2) is 0 Å². The number of hydrazine groups is 1. The van der Waals surface area contributed by atoms with Gasteiger partial charge < -0.3 is 15.5 Å². The Hall–Kier alpha value is -1.40. The number of aromatic nitrogens is 2. The largest absolute Gasteiger partial charge is 0.381 e. The number of hydrogen-bond donors (Lipinski definition) is 3. The summed E-state index contributed by atoms with van der Waals surface area (Å²) in [7, 11) is 0. The van der Waals surface area contributed by atoms with E-state index in [1.165, 1.54) is 6.42 Å². The predicted molar refractivity (Wildman–Crippen MR) is 73.4 cm³/mol. The van der Waals surface area contributed by atoms with Crippen molar-refractivity contribution in [1.82, 2.24) is 9.97 Å². The van der Waals surface area contributed by atoms with Gasteiger partial charge in [-0.05, 0) is 19.8 Å². The first-order valence-electron chi connectivity index (χ1n) is 6.40. The molecule has 0 aliphatic heterocycles. The molecule has 0 saturated carbocycles. The molecule has 6 heteroatoms. The maximum atomic E-state index is 5.48. The lowest BCUT2D eigenvalue weighted by Gasteiger charge is -2.08. The molecular formula is C12H23N5O. The first-order chi connectivity index (χ1) is 8.76. The zero-order valence-corrected chi connectivity index (χ0v) is 11.2. The van der Waals surface area contributed by atoms with Crippen LogP contribution in [-0.2, 0) is 4.74 Å². The zero-order valence-electron chi connectivity index (χ0n) is 11.2. The van der Waals surface area contributed by atoms with E-state index in [0.29, 0.717) is 11.6 Å². The van der Waals surface area contributed by atoms with Crippen molar-refractivity contribution in [1.29, 1.82) is 0 Å². The second-order valence-corrected chi connectivity index (χ2v) is 4.08. The zero-order chi connectivity index (χ0) is 13.2. The molecule has 102 valence electrons. The molecule has 0 amide bonds. The molecule has 6 nitrogen and oxygen atoms in total. The number of unbranched alkanes of at least 4 members (excludes halogenated alkanes) is 1. The molecule has 1 aromatic heterocycles. The van der Waals surface area contributed by atoms with E-state index in [9.17, 15) is 0 Å². The maximum absolute atomic E-state index is 5.48. The SMILES string of the molecule is CCCCOCCCNc1cc(NN)nc(C)n1. The Balaban J connectivity index is 2.20. The summed E-state index contributed by atoms with van der Waals surface area (Å²) < 4.78 is 5.48. The minimum absolute atomic E-state index is 0.615. The van der Waals surface area contributed by atoms with Crippen molar-refractivity contribution in [3.8, 4) is 0 Å². The van der Waals surface area contributed by atoms with E-state index in [1.54, 1.807) is 6.07 Å². The van der Waals surface area contributed by atoms with E-state index in [0.717, 1.165) is 38.4 Å².